The summed E-state index contributed by atoms with van der Waals surface area (Å²) in [6.45, 7) is 5.35. The van der Waals surface area contributed by atoms with Crippen LogP contribution in [0.3, 0.4) is 0 Å². The normalized spacial score (nSPS) is 14.9. The first kappa shape index (κ1) is 22.6. The van der Waals surface area contributed by atoms with Gasteiger partial charge in [0.25, 0.3) is 0 Å². The van der Waals surface area contributed by atoms with E-state index >= 15 is 0 Å². The van der Waals surface area contributed by atoms with E-state index < -0.39 is 0 Å². The maximum Gasteiger partial charge on any atom is 0.191 e. The number of halogens is 1. The number of fused-ring (bicyclic) bond motifs is 1. The van der Waals surface area contributed by atoms with Crippen molar-refractivity contribution in [2.75, 3.05) is 31.5 Å². The molecule has 156 valence electrons. The number of nitrogens with zero attached hydrogens (tertiary/aromatic N) is 5. The highest BCUT2D eigenvalue weighted by Gasteiger charge is 2.13. The zero-order chi connectivity index (χ0) is 18.9. The number of anilines is 1. The second kappa shape index (κ2) is 12.0. The van der Waals surface area contributed by atoms with Crippen LogP contribution in [-0.2, 0) is 7.05 Å². The van der Waals surface area contributed by atoms with E-state index in [1.165, 1.54) is 38.5 Å². The molecular formula is C19H33IN8. The first-order valence-corrected chi connectivity index (χ1v) is 10.2. The third kappa shape index (κ3) is 6.46. The lowest BCUT2D eigenvalue weighted by atomic mass is 10.0. The smallest absolute Gasteiger partial charge is 0.191 e. The number of aliphatic imine (C=N–C) groups is 1. The molecule has 2 aromatic rings. The van der Waals surface area contributed by atoms with Crippen LogP contribution in [0.5, 0.6) is 0 Å². The third-order valence-corrected chi connectivity index (χ3v) is 5.10. The molecule has 0 spiro atoms. The van der Waals surface area contributed by atoms with Gasteiger partial charge in [-0.15, -0.1) is 24.0 Å². The summed E-state index contributed by atoms with van der Waals surface area (Å²) in [5, 5.41) is 15.2. The second-order valence-electron chi connectivity index (χ2n) is 7.13. The standard InChI is InChI=1S/C19H32N8.HI/c1-3-20-19(22-10-6-9-15-7-4-5-8-15)23-12-11-21-17-16-13-26-27(2)18(16)25-14-24-17;/h13-15H,3-12H2,1-2H3,(H2,20,22,23)(H,21,24,25);1H. The van der Waals surface area contributed by atoms with Crippen LogP contribution in [0.25, 0.3) is 11.0 Å². The predicted octanol–water partition coefficient (Wildman–Crippen LogP) is 2.92. The molecule has 0 bridgehead atoms. The van der Waals surface area contributed by atoms with E-state index in [2.05, 4.69) is 37.9 Å². The Bertz CT molecular complexity index is 739. The molecule has 0 aliphatic heterocycles. The van der Waals surface area contributed by atoms with Crippen molar-refractivity contribution < 1.29 is 0 Å². The molecule has 2 heterocycles. The molecule has 1 saturated carbocycles. The molecule has 28 heavy (non-hydrogen) atoms. The van der Waals surface area contributed by atoms with Crippen molar-refractivity contribution in [2.24, 2.45) is 18.0 Å². The summed E-state index contributed by atoms with van der Waals surface area (Å²) >= 11 is 0. The Balaban J connectivity index is 0.00000280. The van der Waals surface area contributed by atoms with Gasteiger partial charge in [0.2, 0.25) is 0 Å². The first-order chi connectivity index (χ1) is 13.3. The van der Waals surface area contributed by atoms with Gasteiger partial charge in [-0.3, -0.25) is 9.67 Å². The van der Waals surface area contributed by atoms with Crippen molar-refractivity contribution in [1.29, 1.82) is 0 Å². The zero-order valence-electron chi connectivity index (χ0n) is 16.9. The number of rotatable bonds is 9. The fourth-order valence-electron chi connectivity index (χ4n) is 3.68. The Labute approximate surface area is 184 Å². The van der Waals surface area contributed by atoms with Crippen molar-refractivity contribution >= 4 is 46.8 Å². The molecule has 8 nitrogen and oxygen atoms in total. The largest absolute Gasteiger partial charge is 0.368 e. The second-order valence-corrected chi connectivity index (χ2v) is 7.13. The Morgan fingerprint density at radius 2 is 2.04 bits per heavy atom. The van der Waals surface area contributed by atoms with Crippen LogP contribution >= 0.6 is 24.0 Å². The monoisotopic (exact) mass is 500 g/mol. The highest BCUT2D eigenvalue weighted by Crippen LogP contribution is 2.28. The molecule has 0 aromatic carbocycles. The average Bonchev–Trinajstić information content (AvgIpc) is 3.33. The number of aromatic nitrogens is 4. The highest BCUT2D eigenvalue weighted by atomic mass is 127. The Hall–Kier alpha value is -1.65. The number of guanidine groups is 1. The van der Waals surface area contributed by atoms with Gasteiger partial charge in [0, 0.05) is 33.2 Å². The molecule has 0 unspecified atom stereocenters. The number of hydrogen-bond donors (Lipinski definition) is 3. The molecular weight excluding hydrogens is 467 g/mol. The van der Waals surface area contributed by atoms with Crippen molar-refractivity contribution in [2.45, 2.75) is 45.4 Å². The van der Waals surface area contributed by atoms with E-state index in [1.54, 1.807) is 17.2 Å². The molecule has 1 aliphatic carbocycles. The van der Waals surface area contributed by atoms with E-state index in [4.69, 9.17) is 4.99 Å². The van der Waals surface area contributed by atoms with Crippen LogP contribution < -0.4 is 16.0 Å². The molecule has 0 atom stereocenters. The van der Waals surface area contributed by atoms with Gasteiger partial charge in [0.05, 0.1) is 11.6 Å². The highest BCUT2D eigenvalue weighted by molar-refractivity contribution is 14.0. The van der Waals surface area contributed by atoms with E-state index in [0.29, 0.717) is 0 Å². The van der Waals surface area contributed by atoms with Crippen LogP contribution in [-0.4, -0.2) is 51.9 Å². The lowest BCUT2D eigenvalue weighted by Gasteiger charge is -2.13. The van der Waals surface area contributed by atoms with E-state index in [1.807, 2.05) is 7.05 Å². The third-order valence-electron chi connectivity index (χ3n) is 5.10. The van der Waals surface area contributed by atoms with Gasteiger partial charge in [0.1, 0.15) is 12.1 Å². The summed E-state index contributed by atoms with van der Waals surface area (Å²) < 4.78 is 1.75. The quantitative estimate of drug-likeness (QED) is 0.212. The maximum atomic E-state index is 4.70. The van der Waals surface area contributed by atoms with Gasteiger partial charge in [-0.2, -0.15) is 5.10 Å². The maximum absolute atomic E-state index is 4.70. The Morgan fingerprint density at radius 1 is 1.21 bits per heavy atom. The summed E-state index contributed by atoms with van der Waals surface area (Å²) in [4.78, 5) is 13.3. The first-order valence-electron chi connectivity index (χ1n) is 10.2. The Morgan fingerprint density at radius 3 is 2.82 bits per heavy atom. The molecule has 9 heteroatoms. The average molecular weight is 500 g/mol. The van der Waals surface area contributed by atoms with Crippen LogP contribution in [0.4, 0.5) is 5.82 Å². The van der Waals surface area contributed by atoms with Crippen molar-refractivity contribution in [1.82, 2.24) is 30.4 Å². The van der Waals surface area contributed by atoms with Gasteiger partial charge in [-0.25, -0.2) is 9.97 Å². The summed E-state index contributed by atoms with van der Waals surface area (Å²) in [6, 6.07) is 0. The fraction of sp³-hybridized carbons (Fsp3) is 0.684. The summed E-state index contributed by atoms with van der Waals surface area (Å²) in [5.74, 6) is 2.64. The van der Waals surface area contributed by atoms with Crippen molar-refractivity contribution in [3.8, 4) is 0 Å². The molecule has 3 N–H and O–H groups in total. The SMILES string of the molecule is CCNC(=NCCCC1CCCC1)NCCNc1ncnc2c1cnn2C.I. The number of aryl methyl sites for hydroxylation is 1. The van der Waals surface area contributed by atoms with Gasteiger partial charge in [-0.1, -0.05) is 25.7 Å². The van der Waals surface area contributed by atoms with Crippen molar-refractivity contribution in [3.63, 3.8) is 0 Å². The zero-order valence-corrected chi connectivity index (χ0v) is 19.3. The molecule has 3 rings (SSSR count). The van der Waals surface area contributed by atoms with E-state index in [0.717, 1.165) is 54.9 Å². The van der Waals surface area contributed by atoms with Gasteiger partial charge in [-0.05, 0) is 25.7 Å². The van der Waals surface area contributed by atoms with E-state index in [9.17, 15) is 0 Å². The van der Waals surface area contributed by atoms with Crippen LogP contribution in [0.1, 0.15) is 45.4 Å². The molecule has 2 aromatic heterocycles. The lowest BCUT2D eigenvalue weighted by molar-refractivity contribution is 0.487. The molecule has 0 amide bonds. The van der Waals surface area contributed by atoms with E-state index in [-0.39, 0.29) is 24.0 Å². The molecule has 0 saturated heterocycles. The topological polar surface area (TPSA) is 92.1 Å². The van der Waals surface area contributed by atoms with Crippen LogP contribution in [0.15, 0.2) is 17.5 Å². The molecule has 1 fully saturated rings. The van der Waals surface area contributed by atoms with Crippen LogP contribution in [0.2, 0.25) is 0 Å². The summed E-state index contributed by atoms with van der Waals surface area (Å²) in [7, 11) is 1.88. The minimum Gasteiger partial charge on any atom is -0.368 e. The summed E-state index contributed by atoms with van der Waals surface area (Å²) in [6.07, 6.45) is 11.5. The number of hydrogen-bond acceptors (Lipinski definition) is 5. The minimum atomic E-state index is 0. The van der Waals surface area contributed by atoms with Crippen molar-refractivity contribution in [3.05, 3.63) is 12.5 Å². The fourth-order valence-corrected chi connectivity index (χ4v) is 3.68. The molecule has 0 radical (unpaired) electrons. The summed E-state index contributed by atoms with van der Waals surface area (Å²) in [5.41, 5.74) is 0.831. The number of nitrogens with one attached hydrogen (secondary N) is 3. The molecule has 1 aliphatic rings. The van der Waals surface area contributed by atoms with Gasteiger partial charge in [0.15, 0.2) is 11.6 Å². The minimum absolute atomic E-state index is 0. The van der Waals surface area contributed by atoms with Crippen LogP contribution in [0, 0.1) is 5.92 Å². The van der Waals surface area contributed by atoms with Gasteiger partial charge < -0.3 is 16.0 Å². The van der Waals surface area contributed by atoms with Gasteiger partial charge >= 0.3 is 0 Å². The Kier molecular flexibility index (Phi) is 9.72. The predicted molar refractivity (Wildman–Crippen MR) is 125 cm³/mol. The lowest BCUT2D eigenvalue weighted by Crippen LogP contribution is -2.39.